The van der Waals surface area contributed by atoms with Crippen LogP contribution in [0.5, 0.6) is 11.5 Å². The molecule has 0 spiro atoms. The predicted molar refractivity (Wildman–Crippen MR) is 94.5 cm³/mol. The number of nitrogen functional groups attached to an aromatic ring is 1. The number of non-ortho nitro benzene ring substituents is 2. The number of nitrogens with two attached hydrogens (primary N) is 1. The molecule has 0 fully saturated rings. The predicted octanol–water partition coefficient (Wildman–Crippen LogP) is 1.49. The van der Waals surface area contributed by atoms with E-state index >= 15 is 0 Å². The van der Waals surface area contributed by atoms with E-state index in [0.29, 0.717) is 12.1 Å². The van der Waals surface area contributed by atoms with Gasteiger partial charge in [-0.2, -0.15) is 0 Å². The van der Waals surface area contributed by atoms with Crippen molar-refractivity contribution in [1.29, 1.82) is 0 Å². The molecule has 0 saturated carbocycles. The summed E-state index contributed by atoms with van der Waals surface area (Å²) in [7, 11) is 0. The zero-order chi connectivity index (χ0) is 23.3. The first-order valence-electron chi connectivity index (χ1n) is 7.17. The van der Waals surface area contributed by atoms with E-state index in [1.165, 1.54) is 0 Å². The number of aromatic carboxylic acids is 2. The Morgan fingerprint density at radius 1 is 0.733 bits per heavy atom. The number of nitro benzene ring substituents is 3. The summed E-state index contributed by atoms with van der Waals surface area (Å²) in [5.41, 5.74) is 1.10. The molecule has 16 heteroatoms. The summed E-state index contributed by atoms with van der Waals surface area (Å²) < 4.78 is 0. The van der Waals surface area contributed by atoms with Crippen LogP contribution in [0.1, 0.15) is 20.7 Å². The van der Waals surface area contributed by atoms with Crippen LogP contribution in [0.25, 0.3) is 0 Å². The summed E-state index contributed by atoms with van der Waals surface area (Å²) in [4.78, 5) is 49.3. The Bertz CT molecular complexity index is 1050. The molecule has 0 unspecified atom stereocenters. The maximum absolute atomic E-state index is 10.6. The molecule has 6 N–H and O–H groups in total. The van der Waals surface area contributed by atoms with Gasteiger partial charge in [0.1, 0.15) is 11.1 Å². The lowest BCUT2D eigenvalue weighted by Crippen LogP contribution is -2.02. The number of aromatic hydroxyl groups is 2. The number of benzene rings is 2. The quantitative estimate of drug-likeness (QED) is 0.196. The topological polar surface area (TPSA) is 270 Å². The molecule has 16 nitrogen and oxygen atoms in total. The summed E-state index contributed by atoms with van der Waals surface area (Å²) in [5.74, 6) is -4.94. The highest BCUT2D eigenvalue weighted by Crippen LogP contribution is 2.34. The van der Waals surface area contributed by atoms with Crippen LogP contribution >= 0.6 is 0 Å². The standard InChI is InChI=1S/C7H4N2O7.C7H6N2O5/c10-6-4(7(11)12)1-3(8(13)14)2-5(6)9(15)16;8-5-2-3(9(13)14)1-4(6(5)10)7(11)12/h1-2,10H,(H,11,12);1-2,10H,8H2,(H,11,12). The molecule has 30 heavy (non-hydrogen) atoms. The van der Waals surface area contributed by atoms with Crippen LogP contribution in [0.4, 0.5) is 22.7 Å². The van der Waals surface area contributed by atoms with Crippen molar-refractivity contribution in [2.24, 2.45) is 0 Å². The van der Waals surface area contributed by atoms with E-state index in [-0.39, 0.29) is 5.69 Å². The molecule has 0 saturated heterocycles. The lowest BCUT2D eigenvalue weighted by Gasteiger charge is -2.02. The number of carboxylic acids is 2. The normalized spacial score (nSPS) is 9.73. The molecular weight excluding hydrogens is 416 g/mol. The molecule has 2 rings (SSSR count). The van der Waals surface area contributed by atoms with E-state index in [4.69, 9.17) is 21.1 Å². The minimum absolute atomic E-state index is 0.336. The van der Waals surface area contributed by atoms with Crippen molar-refractivity contribution in [1.82, 2.24) is 0 Å². The van der Waals surface area contributed by atoms with Crippen LogP contribution in [0.3, 0.4) is 0 Å². The summed E-state index contributed by atoms with van der Waals surface area (Å²) in [5, 5.41) is 66.6. The number of carboxylic acid groups (broad SMARTS) is 2. The molecule has 2 aromatic rings. The lowest BCUT2D eigenvalue weighted by atomic mass is 10.1. The van der Waals surface area contributed by atoms with Gasteiger partial charge in [0.2, 0.25) is 5.75 Å². The first-order chi connectivity index (χ1) is 13.8. The number of carbonyl (C=O) groups is 2. The maximum Gasteiger partial charge on any atom is 0.340 e. The highest BCUT2D eigenvalue weighted by atomic mass is 16.6. The smallest absolute Gasteiger partial charge is 0.340 e. The second-order valence-electron chi connectivity index (χ2n) is 5.17. The molecule has 0 aliphatic heterocycles. The fourth-order valence-corrected chi connectivity index (χ4v) is 1.92. The van der Waals surface area contributed by atoms with Crippen molar-refractivity contribution in [2.45, 2.75) is 0 Å². The molecular formula is C14H10N4O12. The second kappa shape index (κ2) is 8.78. The van der Waals surface area contributed by atoms with E-state index in [1.54, 1.807) is 0 Å². The van der Waals surface area contributed by atoms with Crippen LogP contribution in [-0.4, -0.2) is 47.1 Å². The summed E-state index contributed by atoms with van der Waals surface area (Å²) in [6.45, 7) is 0. The summed E-state index contributed by atoms with van der Waals surface area (Å²) in [6, 6.07) is 2.67. The first-order valence-corrected chi connectivity index (χ1v) is 7.17. The maximum atomic E-state index is 10.6. The van der Waals surface area contributed by atoms with Gasteiger partial charge in [0.15, 0.2) is 5.75 Å². The molecule has 0 aliphatic carbocycles. The Morgan fingerprint density at radius 3 is 1.50 bits per heavy atom. The van der Waals surface area contributed by atoms with Gasteiger partial charge in [0.25, 0.3) is 11.4 Å². The highest BCUT2D eigenvalue weighted by Gasteiger charge is 2.26. The van der Waals surface area contributed by atoms with Crippen molar-refractivity contribution in [3.8, 4) is 11.5 Å². The largest absolute Gasteiger partial charge is 0.505 e. The molecule has 0 amide bonds. The highest BCUT2D eigenvalue weighted by molar-refractivity contribution is 5.94. The Balaban J connectivity index is 0.000000303. The molecule has 0 aromatic heterocycles. The molecule has 0 bridgehead atoms. The van der Waals surface area contributed by atoms with Crippen LogP contribution < -0.4 is 5.73 Å². The lowest BCUT2D eigenvalue weighted by molar-refractivity contribution is -0.394. The van der Waals surface area contributed by atoms with Gasteiger partial charge >= 0.3 is 17.6 Å². The van der Waals surface area contributed by atoms with Gasteiger partial charge in [-0.05, 0) is 0 Å². The van der Waals surface area contributed by atoms with Gasteiger partial charge in [0.05, 0.1) is 26.5 Å². The SMILES string of the molecule is Nc1cc([N+](=O)[O-])cc(C(=O)O)c1O.O=C(O)c1cc([N+](=O)[O-])cc([N+](=O)[O-])c1O. The molecule has 158 valence electrons. The van der Waals surface area contributed by atoms with Crippen molar-refractivity contribution in [3.05, 3.63) is 65.7 Å². The number of hydrogen-bond donors (Lipinski definition) is 5. The van der Waals surface area contributed by atoms with Gasteiger partial charge in [-0.25, -0.2) is 9.59 Å². The fraction of sp³-hybridized carbons (Fsp3) is 0. The summed E-state index contributed by atoms with van der Waals surface area (Å²) >= 11 is 0. The number of phenols is 2. The van der Waals surface area contributed by atoms with Gasteiger partial charge in [-0.1, -0.05) is 0 Å². The van der Waals surface area contributed by atoms with Gasteiger partial charge in [-0.15, -0.1) is 0 Å². The zero-order valence-corrected chi connectivity index (χ0v) is 14.3. The third-order valence-corrected chi connectivity index (χ3v) is 3.28. The minimum Gasteiger partial charge on any atom is -0.505 e. The van der Waals surface area contributed by atoms with Gasteiger partial charge in [0, 0.05) is 18.2 Å². The fourth-order valence-electron chi connectivity index (χ4n) is 1.92. The number of hydrogen-bond acceptors (Lipinski definition) is 11. The number of nitro groups is 3. The second-order valence-corrected chi connectivity index (χ2v) is 5.17. The molecule has 0 atom stereocenters. The van der Waals surface area contributed by atoms with E-state index in [1.807, 2.05) is 0 Å². The molecule has 0 aliphatic rings. The first kappa shape index (κ1) is 23.0. The van der Waals surface area contributed by atoms with Crippen molar-refractivity contribution >= 4 is 34.7 Å². The van der Waals surface area contributed by atoms with E-state index < -0.39 is 66.4 Å². The number of nitrogens with zero attached hydrogens (tertiary/aromatic N) is 3. The Hall–Kier alpha value is -5.02. The Labute approximate surface area is 163 Å². The van der Waals surface area contributed by atoms with Crippen LogP contribution in [0.15, 0.2) is 24.3 Å². The van der Waals surface area contributed by atoms with Crippen LogP contribution in [0.2, 0.25) is 0 Å². The van der Waals surface area contributed by atoms with Crippen molar-refractivity contribution < 1.29 is 44.8 Å². The average Bonchev–Trinajstić information content (AvgIpc) is 2.63. The zero-order valence-electron chi connectivity index (χ0n) is 14.3. The Kier molecular flexibility index (Phi) is 6.74. The minimum atomic E-state index is -1.69. The van der Waals surface area contributed by atoms with Crippen LogP contribution in [0, 0.1) is 30.3 Å². The molecule has 0 heterocycles. The molecule has 0 radical (unpaired) electrons. The third-order valence-electron chi connectivity index (χ3n) is 3.28. The Morgan fingerprint density at radius 2 is 1.13 bits per heavy atom. The van der Waals surface area contributed by atoms with E-state index in [0.717, 1.165) is 12.1 Å². The molecule has 2 aromatic carbocycles. The van der Waals surface area contributed by atoms with Gasteiger partial charge < -0.3 is 26.2 Å². The van der Waals surface area contributed by atoms with Crippen molar-refractivity contribution in [2.75, 3.05) is 5.73 Å². The van der Waals surface area contributed by atoms with Crippen LogP contribution in [-0.2, 0) is 0 Å². The monoisotopic (exact) mass is 426 g/mol. The van der Waals surface area contributed by atoms with E-state index in [9.17, 15) is 45.0 Å². The van der Waals surface area contributed by atoms with Gasteiger partial charge in [-0.3, -0.25) is 30.3 Å². The summed E-state index contributed by atoms with van der Waals surface area (Å²) in [6.07, 6.45) is 0. The number of anilines is 1. The third kappa shape index (κ3) is 5.03. The number of rotatable bonds is 5. The van der Waals surface area contributed by atoms with E-state index in [2.05, 4.69) is 0 Å². The average molecular weight is 426 g/mol. The van der Waals surface area contributed by atoms with Crippen molar-refractivity contribution in [3.63, 3.8) is 0 Å².